The van der Waals surface area contributed by atoms with Gasteiger partial charge in [-0.3, -0.25) is 9.69 Å². The van der Waals surface area contributed by atoms with Crippen molar-refractivity contribution in [1.82, 2.24) is 0 Å². The van der Waals surface area contributed by atoms with Gasteiger partial charge < -0.3 is 9.47 Å². The third kappa shape index (κ3) is 2.23. The molecule has 0 aliphatic rings. The van der Waals surface area contributed by atoms with Gasteiger partial charge >= 0.3 is 5.91 Å². The number of nitrogens with zero attached hydrogens (tertiary/aromatic N) is 2. The molecule has 84 valence electrons. The van der Waals surface area contributed by atoms with Gasteiger partial charge in [0.05, 0.1) is 19.9 Å². The Morgan fingerprint density at radius 2 is 2.06 bits per heavy atom. The number of hydrogen-bond acceptors (Lipinski definition) is 4. The highest BCUT2D eigenvalue weighted by Crippen LogP contribution is 2.31. The first-order valence-corrected chi connectivity index (χ1v) is 4.53. The van der Waals surface area contributed by atoms with Gasteiger partial charge in [-0.05, 0) is 12.1 Å². The summed E-state index contributed by atoms with van der Waals surface area (Å²) in [4.78, 5) is 12.5. The van der Waals surface area contributed by atoms with E-state index in [2.05, 4.69) is 0 Å². The fraction of sp³-hybridized carbons (Fsp3) is 0.273. The lowest BCUT2D eigenvalue weighted by molar-refractivity contribution is -0.113. The minimum atomic E-state index is -0.661. The molecule has 0 unspecified atom stereocenters. The Balaban J connectivity index is 3.19. The monoisotopic (exact) mass is 220 g/mol. The molecule has 0 radical (unpaired) electrons. The first kappa shape index (κ1) is 11.9. The molecule has 5 heteroatoms. The molecule has 5 nitrogen and oxygen atoms in total. The Morgan fingerprint density at radius 3 is 2.56 bits per heavy atom. The summed E-state index contributed by atoms with van der Waals surface area (Å²) in [6.45, 7) is 0. The van der Waals surface area contributed by atoms with Crippen molar-refractivity contribution in [3.05, 3.63) is 18.2 Å². The van der Waals surface area contributed by atoms with Gasteiger partial charge in [-0.1, -0.05) is 0 Å². The van der Waals surface area contributed by atoms with E-state index >= 15 is 0 Å². The second-order valence-corrected chi connectivity index (χ2v) is 3.01. The van der Waals surface area contributed by atoms with Crippen LogP contribution < -0.4 is 14.4 Å². The predicted molar refractivity (Wildman–Crippen MR) is 58.6 cm³/mol. The molecule has 0 fully saturated rings. The van der Waals surface area contributed by atoms with Gasteiger partial charge in [0.1, 0.15) is 11.5 Å². The van der Waals surface area contributed by atoms with Crippen molar-refractivity contribution in [2.45, 2.75) is 0 Å². The van der Waals surface area contributed by atoms with Crippen molar-refractivity contribution in [2.24, 2.45) is 0 Å². The van der Waals surface area contributed by atoms with Gasteiger partial charge in [0.25, 0.3) is 0 Å². The predicted octanol–water partition coefficient (Wildman–Crippen LogP) is 1.19. The zero-order chi connectivity index (χ0) is 12.1. The minimum Gasteiger partial charge on any atom is -0.497 e. The number of carbonyl (C=O) groups excluding carboxylic acids is 1. The third-order valence-corrected chi connectivity index (χ3v) is 2.15. The standard InChI is InChI=1S/C11H12N2O3/c1-13(11(14)7-12)9-6-8(15-2)4-5-10(9)16-3/h4-6H,1-3H3. The fourth-order valence-corrected chi connectivity index (χ4v) is 1.24. The molecule has 0 aromatic heterocycles. The molecule has 0 bridgehead atoms. The van der Waals surface area contributed by atoms with Crippen LogP contribution in [0, 0.1) is 11.3 Å². The number of anilines is 1. The molecule has 1 aromatic rings. The average Bonchev–Trinajstić information content (AvgIpc) is 2.35. The van der Waals surface area contributed by atoms with Crippen LogP contribution in [-0.4, -0.2) is 27.2 Å². The maximum Gasteiger partial charge on any atom is 0.329 e. The smallest absolute Gasteiger partial charge is 0.329 e. The van der Waals surface area contributed by atoms with Gasteiger partial charge in [-0.2, -0.15) is 5.26 Å². The maximum absolute atomic E-state index is 11.2. The van der Waals surface area contributed by atoms with Crippen LogP contribution in [0.2, 0.25) is 0 Å². The molecule has 1 rings (SSSR count). The molecule has 0 saturated heterocycles. The molecule has 0 spiro atoms. The zero-order valence-electron chi connectivity index (χ0n) is 9.35. The van der Waals surface area contributed by atoms with Crippen molar-refractivity contribution in [2.75, 3.05) is 26.2 Å². The molecule has 0 atom stereocenters. The SMILES string of the molecule is COc1ccc(OC)c(N(C)C(=O)C#N)c1. The van der Waals surface area contributed by atoms with E-state index in [1.165, 1.54) is 26.2 Å². The lowest BCUT2D eigenvalue weighted by Crippen LogP contribution is -2.24. The van der Waals surface area contributed by atoms with Gasteiger partial charge in [-0.15, -0.1) is 0 Å². The van der Waals surface area contributed by atoms with Crippen LogP contribution in [0.5, 0.6) is 11.5 Å². The van der Waals surface area contributed by atoms with E-state index in [0.717, 1.165) is 0 Å². The third-order valence-electron chi connectivity index (χ3n) is 2.15. The largest absolute Gasteiger partial charge is 0.497 e. The lowest BCUT2D eigenvalue weighted by Gasteiger charge is -2.17. The van der Waals surface area contributed by atoms with Crippen LogP contribution in [0.25, 0.3) is 0 Å². The van der Waals surface area contributed by atoms with E-state index < -0.39 is 5.91 Å². The lowest BCUT2D eigenvalue weighted by atomic mass is 10.2. The van der Waals surface area contributed by atoms with Crippen LogP contribution in [0.1, 0.15) is 0 Å². The number of benzene rings is 1. The Labute approximate surface area is 93.8 Å². The number of nitriles is 1. The van der Waals surface area contributed by atoms with E-state index in [0.29, 0.717) is 17.2 Å². The summed E-state index contributed by atoms with van der Waals surface area (Å²) in [6.07, 6.45) is 0. The van der Waals surface area contributed by atoms with Crippen LogP contribution in [0.15, 0.2) is 18.2 Å². The average molecular weight is 220 g/mol. The van der Waals surface area contributed by atoms with Crippen molar-refractivity contribution < 1.29 is 14.3 Å². The number of carbonyl (C=O) groups is 1. The molecule has 0 N–H and O–H groups in total. The van der Waals surface area contributed by atoms with Crippen LogP contribution >= 0.6 is 0 Å². The molecule has 1 amide bonds. The summed E-state index contributed by atoms with van der Waals surface area (Å²) in [5.41, 5.74) is 0.494. The highest BCUT2D eigenvalue weighted by molar-refractivity contribution is 6.04. The Kier molecular flexibility index (Phi) is 3.72. The topological polar surface area (TPSA) is 62.6 Å². The number of hydrogen-bond donors (Lipinski definition) is 0. The van der Waals surface area contributed by atoms with Crippen molar-refractivity contribution in [1.29, 1.82) is 5.26 Å². The molecule has 0 heterocycles. The summed E-state index contributed by atoms with van der Waals surface area (Å²) in [7, 11) is 4.52. The van der Waals surface area contributed by atoms with Crippen LogP contribution in [0.4, 0.5) is 5.69 Å². The molecule has 0 saturated carbocycles. The van der Waals surface area contributed by atoms with Gasteiger partial charge in [0.2, 0.25) is 0 Å². The summed E-state index contributed by atoms with van der Waals surface area (Å²) >= 11 is 0. The molecular weight excluding hydrogens is 208 g/mol. The van der Waals surface area contributed by atoms with E-state index in [1.807, 2.05) is 0 Å². The minimum absolute atomic E-state index is 0.494. The first-order chi connectivity index (χ1) is 7.63. The number of amides is 1. The van der Waals surface area contributed by atoms with Crippen molar-refractivity contribution in [3.8, 4) is 17.6 Å². The quantitative estimate of drug-likeness (QED) is 0.718. The summed E-state index contributed by atoms with van der Waals surface area (Å²) < 4.78 is 10.1. The van der Waals surface area contributed by atoms with Crippen LogP contribution in [0.3, 0.4) is 0 Å². The van der Waals surface area contributed by atoms with E-state index in [4.69, 9.17) is 14.7 Å². The van der Waals surface area contributed by atoms with Crippen molar-refractivity contribution >= 4 is 11.6 Å². The number of rotatable bonds is 3. The summed E-state index contributed by atoms with van der Waals surface area (Å²) in [5, 5.41) is 8.54. The highest BCUT2D eigenvalue weighted by atomic mass is 16.5. The Hall–Kier alpha value is -2.22. The van der Waals surface area contributed by atoms with Gasteiger partial charge in [-0.25, -0.2) is 0 Å². The summed E-state index contributed by atoms with van der Waals surface area (Å²) in [5.74, 6) is 0.437. The zero-order valence-corrected chi connectivity index (χ0v) is 9.35. The molecule has 0 aliphatic carbocycles. The summed E-state index contributed by atoms with van der Waals surface area (Å²) in [6, 6.07) is 6.57. The van der Waals surface area contributed by atoms with Gasteiger partial charge in [0.15, 0.2) is 6.07 Å². The molecular formula is C11H12N2O3. The molecule has 0 aliphatic heterocycles. The van der Waals surface area contributed by atoms with Crippen LogP contribution in [-0.2, 0) is 4.79 Å². The van der Waals surface area contributed by atoms with E-state index in [-0.39, 0.29) is 0 Å². The van der Waals surface area contributed by atoms with Gasteiger partial charge in [0, 0.05) is 13.1 Å². The number of ether oxygens (including phenoxy) is 2. The highest BCUT2D eigenvalue weighted by Gasteiger charge is 2.15. The second-order valence-electron chi connectivity index (χ2n) is 3.01. The fourth-order valence-electron chi connectivity index (χ4n) is 1.24. The Morgan fingerprint density at radius 1 is 1.38 bits per heavy atom. The maximum atomic E-state index is 11.2. The normalized spacial score (nSPS) is 9.12. The van der Waals surface area contributed by atoms with Crippen molar-refractivity contribution in [3.63, 3.8) is 0 Å². The second kappa shape index (κ2) is 5.03. The molecule has 1 aromatic carbocycles. The Bertz CT molecular complexity index is 437. The first-order valence-electron chi connectivity index (χ1n) is 4.53. The number of methoxy groups -OCH3 is 2. The van der Waals surface area contributed by atoms with E-state index in [1.54, 1.807) is 24.3 Å². The molecule has 16 heavy (non-hydrogen) atoms. The van der Waals surface area contributed by atoms with E-state index in [9.17, 15) is 4.79 Å².